The van der Waals surface area contributed by atoms with Gasteiger partial charge in [0.2, 0.25) is 5.91 Å². The van der Waals surface area contributed by atoms with Crippen molar-refractivity contribution in [2.75, 3.05) is 26.7 Å². The summed E-state index contributed by atoms with van der Waals surface area (Å²) in [6, 6.07) is 9.59. The zero-order valence-electron chi connectivity index (χ0n) is 15.1. The zero-order valence-corrected chi connectivity index (χ0v) is 15.1. The fraction of sp³-hybridized carbons (Fsp3) is 0.450. The van der Waals surface area contributed by atoms with Crippen LogP contribution in [0, 0.1) is 0 Å². The number of urea groups is 1. The van der Waals surface area contributed by atoms with E-state index in [2.05, 4.69) is 6.08 Å². The Bertz CT molecular complexity index is 702. The number of likely N-dealkylation sites (N-methyl/N-ethyl adjacent to an activating group) is 1. The predicted octanol–water partition coefficient (Wildman–Crippen LogP) is 2.36. The van der Waals surface area contributed by atoms with E-state index in [1.807, 2.05) is 41.3 Å². The number of hydrogen-bond acceptors (Lipinski definition) is 3. The lowest BCUT2D eigenvalue weighted by molar-refractivity contribution is -0.137. The molecule has 1 aromatic rings. The van der Waals surface area contributed by atoms with Crippen molar-refractivity contribution in [3.63, 3.8) is 0 Å². The second kappa shape index (κ2) is 8.17. The molecule has 2 fully saturated rings. The van der Waals surface area contributed by atoms with Gasteiger partial charge in [-0.15, -0.1) is 0 Å². The van der Waals surface area contributed by atoms with Gasteiger partial charge in [0, 0.05) is 13.6 Å². The van der Waals surface area contributed by atoms with E-state index < -0.39 is 6.03 Å². The maximum Gasteiger partial charge on any atom is 0.327 e. The molecule has 0 N–H and O–H groups in total. The Morgan fingerprint density at radius 2 is 1.92 bits per heavy atom. The average Bonchev–Trinajstić information content (AvgIpc) is 2.83. The Balaban J connectivity index is 1.71. The van der Waals surface area contributed by atoms with Crippen molar-refractivity contribution in [1.82, 2.24) is 14.7 Å². The van der Waals surface area contributed by atoms with Crippen LogP contribution in [0.5, 0.6) is 0 Å². The lowest BCUT2D eigenvalue weighted by Gasteiger charge is -2.29. The number of carbonyl (C=O) groups excluding carboxylic acids is 3. The highest BCUT2D eigenvalue weighted by Gasteiger charge is 2.36. The summed E-state index contributed by atoms with van der Waals surface area (Å²) in [6.45, 7) is 0.538. The normalized spacial score (nSPS) is 21.6. The van der Waals surface area contributed by atoms with Crippen molar-refractivity contribution in [2.45, 2.75) is 31.7 Å². The van der Waals surface area contributed by atoms with Gasteiger partial charge in [0.25, 0.3) is 5.91 Å². The van der Waals surface area contributed by atoms with Crippen molar-refractivity contribution >= 4 is 23.9 Å². The maximum atomic E-state index is 12.9. The van der Waals surface area contributed by atoms with Gasteiger partial charge in [-0.1, -0.05) is 55.3 Å². The van der Waals surface area contributed by atoms with Gasteiger partial charge in [0.1, 0.15) is 13.1 Å². The first-order valence-corrected chi connectivity index (χ1v) is 9.14. The predicted molar refractivity (Wildman–Crippen MR) is 99.2 cm³/mol. The Morgan fingerprint density at radius 3 is 2.62 bits per heavy atom. The van der Waals surface area contributed by atoms with Crippen LogP contribution in [0.3, 0.4) is 0 Å². The van der Waals surface area contributed by atoms with Crippen LogP contribution in [0.4, 0.5) is 4.79 Å². The highest BCUT2D eigenvalue weighted by molar-refractivity contribution is 6.04. The molecule has 1 unspecified atom stereocenters. The molecule has 2 aliphatic rings. The van der Waals surface area contributed by atoms with Crippen LogP contribution in [0.1, 0.15) is 31.2 Å². The van der Waals surface area contributed by atoms with Crippen molar-refractivity contribution in [1.29, 1.82) is 0 Å². The second-order valence-electron chi connectivity index (χ2n) is 6.89. The fourth-order valence-electron chi connectivity index (χ4n) is 3.48. The van der Waals surface area contributed by atoms with Crippen LogP contribution in [-0.2, 0) is 9.59 Å². The molecule has 3 rings (SSSR count). The van der Waals surface area contributed by atoms with E-state index in [0.717, 1.165) is 36.1 Å². The molecule has 1 atom stereocenters. The molecule has 2 aliphatic heterocycles. The van der Waals surface area contributed by atoms with E-state index in [9.17, 15) is 14.4 Å². The molecule has 2 saturated heterocycles. The monoisotopic (exact) mass is 355 g/mol. The highest BCUT2D eigenvalue weighted by Crippen LogP contribution is 2.20. The van der Waals surface area contributed by atoms with Crippen LogP contribution >= 0.6 is 0 Å². The molecule has 1 aromatic carbocycles. The van der Waals surface area contributed by atoms with Gasteiger partial charge in [-0.05, 0) is 18.4 Å². The number of likely N-dealkylation sites (tertiary alicyclic amines) is 1. The smallest absolute Gasteiger partial charge is 0.327 e. The summed E-state index contributed by atoms with van der Waals surface area (Å²) in [6.07, 6.45) is 8.11. The largest absolute Gasteiger partial charge is 0.335 e. The molecule has 6 heteroatoms. The van der Waals surface area contributed by atoms with Crippen LogP contribution < -0.4 is 0 Å². The quantitative estimate of drug-likeness (QED) is 0.779. The molecule has 0 saturated carbocycles. The third-order valence-corrected chi connectivity index (χ3v) is 4.95. The summed E-state index contributed by atoms with van der Waals surface area (Å²) in [7, 11) is 1.57. The van der Waals surface area contributed by atoms with Crippen LogP contribution in [0.2, 0.25) is 0 Å². The van der Waals surface area contributed by atoms with Gasteiger partial charge in [-0.25, -0.2) is 4.79 Å². The summed E-state index contributed by atoms with van der Waals surface area (Å²) in [5.41, 5.74) is 1.09. The summed E-state index contributed by atoms with van der Waals surface area (Å²) < 4.78 is 0. The molecule has 0 radical (unpaired) electrons. The van der Waals surface area contributed by atoms with Gasteiger partial charge in [0.15, 0.2) is 0 Å². The minimum absolute atomic E-state index is 0.00394. The van der Waals surface area contributed by atoms with Crippen LogP contribution in [-0.4, -0.2) is 65.3 Å². The molecule has 0 aromatic heterocycles. The standard InChI is InChI=1S/C20H25N3O3/c1-21-14-18(24)23(20(21)26)15-19(25)22-13-7-3-6-10-17(22)12-11-16-8-4-2-5-9-16/h2,4-5,8-9,11-12,17H,3,6-7,10,13-15H2,1H3/b12-11+. The molecule has 26 heavy (non-hydrogen) atoms. The van der Waals surface area contributed by atoms with E-state index in [1.165, 1.54) is 4.90 Å². The number of carbonyl (C=O) groups is 3. The van der Waals surface area contributed by atoms with Crippen molar-refractivity contribution in [2.24, 2.45) is 0 Å². The van der Waals surface area contributed by atoms with Gasteiger partial charge >= 0.3 is 6.03 Å². The van der Waals surface area contributed by atoms with Gasteiger partial charge in [0.05, 0.1) is 6.04 Å². The minimum atomic E-state index is -0.394. The summed E-state index contributed by atoms with van der Waals surface area (Å²) in [5, 5.41) is 0. The molecule has 0 aliphatic carbocycles. The molecule has 138 valence electrons. The number of amides is 4. The zero-order chi connectivity index (χ0) is 18.5. The van der Waals surface area contributed by atoms with E-state index >= 15 is 0 Å². The third-order valence-electron chi connectivity index (χ3n) is 4.95. The van der Waals surface area contributed by atoms with E-state index in [-0.39, 0.29) is 30.9 Å². The van der Waals surface area contributed by atoms with Crippen LogP contribution in [0.15, 0.2) is 36.4 Å². The summed E-state index contributed by atoms with van der Waals surface area (Å²) in [5.74, 6) is -0.469. The molecule has 0 bridgehead atoms. The number of hydrogen-bond donors (Lipinski definition) is 0. The van der Waals surface area contributed by atoms with Crippen molar-refractivity contribution < 1.29 is 14.4 Å². The summed E-state index contributed by atoms with van der Waals surface area (Å²) in [4.78, 5) is 41.1. The first-order valence-electron chi connectivity index (χ1n) is 9.14. The Hall–Kier alpha value is -2.63. The molecule has 2 heterocycles. The Kier molecular flexibility index (Phi) is 5.71. The molecular formula is C20H25N3O3. The number of nitrogens with zero attached hydrogens (tertiary/aromatic N) is 3. The van der Waals surface area contributed by atoms with Crippen molar-refractivity contribution in [3.8, 4) is 0 Å². The first-order chi connectivity index (χ1) is 12.6. The Labute approximate surface area is 154 Å². The number of rotatable bonds is 4. The molecular weight excluding hydrogens is 330 g/mol. The van der Waals surface area contributed by atoms with Gasteiger partial charge in [-0.2, -0.15) is 0 Å². The Morgan fingerprint density at radius 1 is 1.15 bits per heavy atom. The topological polar surface area (TPSA) is 60.9 Å². The van der Waals surface area contributed by atoms with E-state index in [0.29, 0.717) is 6.54 Å². The van der Waals surface area contributed by atoms with Gasteiger partial charge in [-0.3, -0.25) is 14.5 Å². The highest BCUT2D eigenvalue weighted by atomic mass is 16.2. The fourth-order valence-corrected chi connectivity index (χ4v) is 3.48. The van der Waals surface area contributed by atoms with Gasteiger partial charge < -0.3 is 9.80 Å². The molecule has 0 spiro atoms. The lowest BCUT2D eigenvalue weighted by Crippen LogP contribution is -2.46. The molecule has 6 nitrogen and oxygen atoms in total. The maximum absolute atomic E-state index is 12.9. The average molecular weight is 355 g/mol. The SMILES string of the molecule is CN1CC(=O)N(CC(=O)N2CCCCCC2/C=C/c2ccccc2)C1=O. The number of imide groups is 1. The summed E-state index contributed by atoms with van der Waals surface area (Å²) >= 11 is 0. The third kappa shape index (κ3) is 4.12. The number of benzene rings is 1. The molecule has 4 amide bonds. The lowest BCUT2D eigenvalue weighted by atomic mass is 10.1. The minimum Gasteiger partial charge on any atom is -0.335 e. The van der Waals surface area contributed by atoms with E-state index in [4.69, 9.17) is 0 Å². The van der Waals surface area contributed by atoms with Crippen LogP contribution in [0.25, 0.3) is 6.08 Å². The first kappa shape index (κ1) is 18.2. The second-order valence-corrected chi connectivity index (χ2v) is 6.89. The van der Waals surface area contributed by atoms with E-state index in [1.54, 1.807) is 7.05 Å². The van der Waals surface area contributed by atoms with Crippen molar-refractivity contribution in [3.05, 3.63) is 42.0 Å².